The second-order valence-corrected chi connectivity index (χ2v) is 6.59. The summed E-state index contributed by atoms with van der Waals surface area (Å²) in [7, 11) is 0. The molecule has 0 radical (unpaired) electrons. The van der Waals surface area contributed by atoms with Crippen molar-refractivity contribution in [3.05, 3.63) is 71.5 Å². The number of hydrogen-bond donors (Lipinski definition) is 2. The van der Waals surface area contributed by atoms with Crippen molar-refractivity contribution in [2.24, 2.45) is 5.10 Å². The Balaban J connectivity index is 1.89. The van der Waals surface area contributed by atoms with Crippen LogP contribution in [0.3, 0.4) is 0 Å². The lowest BCUT2D eigenvalue weighted by molar-refractivity contribution is -0.114. The molecule has 0 aliphatic heterocycles. The van der Waals surface area contributed by atoms with Crippen LogP contribution in [0, 0.1) is 13.8 Å². The Hall–Kier alpha value is -3.54. The number of amides is 1. The summed E-state index contributed by atoms with van der Waals surface area (Å²) in [5.74, 6) is 1.07. The third-order valence-corrected chi connectivity index (χ3v) is 4.16. The first kappa shape index (κ1) is 19.2. The molecule has 0 aliphatic rings. The van der Waals surface area contributed by atoms with Gasteiger partial charge in [-0.3, -0.25) is 10.2 Å². The van der Waals surface area contributed by atoms with Crippen molar-refractivity contribution in [1.29, 1.82) is 0 Å². The summed E-state index contributed by atoms with van der Waals surface area (Å²) in [6, 6.07) is 17.5. The molecule has 6 heteroatoms. The van der Waals surface area contributed by atoms with Crippen LogP contribution in [0.1, 0.15) is 30.8 Å². The van der Waals surface area contributed by atoms with E-state index in [-0.39, 0.29) is 5.91 Å². The monoisotopic (exact) mass is 373 g/mol. The molecule has 2 N–H and O–H groups in total. The summed E-state index contributed by atoms with van der Waals surface area (Å²) >= 11 is 0. The Bertz CT molecular complexity index is 1030. The summed E-state index contributed by atoms with van der Waals surface area (Å²) in [5, 5.41) is 7.29. The van der Waals surface area contributed by atoms with Crippen LogP contribution in [0.5, 0.6) is 0 Å². The number of nitrogens with one attached hydrogen (secondary N) is 2. The summed E-state index contributed by atoms with van der Waals surface area (Å²) < 4.78 is 0. The number of carbonyl (C=O) groups excluding carboxylic acids is 1. The molecule has 3 aromatic rings. The van der Waals surface area contributed by atoms with Gasteiger partial charge in [0, 0.05) is 18.6 Å². The molecule has 0 aliphatic carbocycles. The minimum atomic E-state index is -0.130. The van der Waals surface area contributed by atoms with Crippen molar-refractivity contribution >= 4 is 23.1 Å². The molecule has 0 unspecified atom stereocenters. The van der Waals surface area contributed by atoms with Crippen LogP contribution >= 0.6 is 0 Å². The van der Waals surface area contributed by atoms with E-state index in [0.717, 1.165) is 16.8 Å². The maximum Gasteiger partial charge on any atom is 0.221 e. The number of benzene rings is 2. The molecule has 142 valence electrons. The second kappa shape index (κ2) is 8.43. The first-order valence-electron chi connectivity index (χ1n) is 9.02. The Kier molecular flexibility index (Phi) is 5.79. The summed E-state index contributed by atoms with van der Waals surface area (Å²) in [4.78, 5) is 20.4. The predicted octanol–water partition coefficient (Wildman–Crippen LogP) is 4.55. The van der Waals surface area contributed by atoms with E-state index in [0.29, 0.717) is 23.0 Å². The van der Waals surface area contributed by atoms with Crippen molar-refractivity contribution in [3.63, 3.8) is 0 Å². The Morgan fingerprint density at radius 3 is 2.39 bits per heavy atom. The van der Waals surface area contributed by atoms with Crippen molar-refractivity contribution in [2.45, 2.75) is 27.7 Å². The number of rotatable bonds is 5. The number of carbonyl (C=O) groups is 1. The molecule has 0 fully saturated rings. The number of aromatic nitrogens is 2. The molecular formula is C22H23N5O. The first-order valence-corrected chi connectivity index (χ1v) is 9.02. The molecule has 0 spiro atoms. The molecule has 1 amide bonds. The van der Waals surface area contributed by atoms with Crippen LogP contribution in [0.4, 0.5) is 11.5 Å². The van der Waals surface area contributed by atoms with Crippen molar-refractivity contribution < 1.29 is 4.79 Å². The van der Waals surface area contributed by atoms with Crippen LogP contribution in [-0.2, 0) is 4.79 Å². The SMILES string of the molecule is CC(=O)Nc1ccccc1-c1cc(N/N=C(\C)c2ccc(C)cc2)nc(C)n1. The van der Waals surface area contributed by atoms with Crippen LogP contribution in [0.15, 0.2) is 59.7 Å². The third kappa shape index (κ3) is 4.79. The van der Waals surface area contributed by atoms with Gasteiger partial charge in [-0.25, -0.2) is 9.97 Å². The van der Waals surface area contributed by atoms with Gasteiger partial charge in [0.05, 0.1) is 17.1 Å². The maximum absolute atomic E-state index is 11.5. The highest BCUT2D eigenvalue weighted by Gasteiger charge is 2.10. The molecule has 0 saturated carbocycles. The number of anilines is 2. The van der Waals surface area contributed by atoms with Gasteiger partial charge in [0.1, 0.15) is 5.82 Å². The number of nitrogens with zero attached hydrogens (tertiary/aromatic N) is 3. The molecule has 6 nitrogen and oxygen atoms in total. The highest BCUT2D eigenvalue weighted by atomic mass is 16.1. The van der Waals surface area contributed by atoms with Crippen molar-refractivity contribution in [2.75, 3.05) is 10.7 Å². The lowest BCUT2D eigenvalue weighted by atomic mass is 10.1. The molecular weight excluding hydrogens is 350 g/mol. The fourth-order valence-electron chi connectivity index (χ4n) is 2.77. The second-order valence-electron chi connectivity index (χ2n) is 6.59. The van der Waals surface area contributed by atoms with Crippen molar-refractivity contribution in [1.82, 2.24) is 9.97 Å². The number of aryl methyl sites for hydroxylation is 2. The van der Waals surface area contributed by atoms with E-state index in [4.69, 9.17) is 0 Å². The zero-order valence-electron chi connectivity index (χ0n) is 16.4. The lowest BCUT2D eigenvalue weighted by Gasteiger charge is -2.11. The molecule has 0 saturated heterocycles. The molecule has 1 heterocycles. The summed E-state index contributed by atoms with van der Waals surface area (Å²) in [6.45, 7) is 7.31. The minimum Gasteiger partial charge on any atom is -0.326 e. The Morgan fingerprint density at radius 1 is 0.964 bits per heavy atom. The number of hydrogen-bond acceptors (Lipinski definition) is 5. The van der Waals surface area contributed by atoms with E-state index in [2.05, 4.69) is 44.9 Å². The topological polar surface area (TPSA) is 79.3 Å². The highest BCUT2D eigenvalue weighted by molar-refractivity contribution is 5.99. The van der Waals surface area contributed by atoms with Crippen LogP contribution in [-0.4, -0.2) is 21.6 Å². The molecule has 0 atom stereocenters. The van der Waals surface area contributed by atoms with Gasteiger partial charge in [-0.2, -0.15) is 5.10 Å². The van der Waals surface area contributed by atoms with Gasteiger partial charge in [0.2, 0.25) is 5.91 Å². The molecule has 0 bridgehead atoms. The highest BCUT2D eigenvalue weighted by Crippen LogP contribution is 2.27. The zero-order chi connectivity index (χ0) is 20.1. The van der Waals surface area contributed by atoms with E-state index >= 15 is 0 Å². The molecule has 2 aromatic carbocycles. The fourth-order valence-corrected chi connectivity index (χ4v) is 2.77. The number of para-hydroxylation sites is 1. The quantitative estimate of drug-likeness (QED) is 0.508. The standard InChI is InChI=1S/C22H23N5O/c1-14-9-11-18(12-10-14)15(2)26-27-22-13-21(23-16(3)24-22)19-7-5-6-8-20(19)25-17(4)28/h5-13H,1-4H3,(H,25,28)(H,23,24,27)/b26-15+. The maximum atomic E-state index is 11.5. The van der Waals surface area contributed by atoms with Gasteiger partial charge in [-0.15, -0.1) is 0 Å². The smallest absolute Gasteiger partial charge is 0.221 e. The molecule has 28 heavy (non-hydrogen) atoms. The van der Waals surface area contributed by atoms with Gasteiger partial charge in [-0.1, -0.05) is 48.0 Å². The molecule has 1 aromatic heterocycles. The Labute approximate surface area is 164 Å². The van der Waals surface area contributed by atoms with Crippen LogP contribution < -0.4 is 10.7 Å². The zero-order valence-corrected chi connectivity index (χ0v) is 16.4. The lowest BCUT2D eigenvalue weighted by Crippen LogP contribution is -2.07. The van der Waals surface area contributed by atoms with E-state index < -0.39 is 0 Å². The molecule has 3 rings (SSSR count). The minimum absolute atomic E-state index is 0.130. The van der Waals surface area contributed by atoms with Crippen LogP contribution in [0.25, 0.3) is 11.3 Å². The third-order valence-electron chi connectivity index (χ3n) is 4.16. The van der Waals surface area contributed by atoms with E-state index in [1.165, 1.54) is 12.5 Å². The van der Waals surface area contributed by atoms with E-state index in [1.54, 1.807) is 0 Å². The van der Waals surface area contributed by atoms with Gasteiger partial charge in [0.25, 0.3) is 0 Å². The largest absolute Gasteiger partial charge is 0.326 e. The van der Waals surface area contributed by atoms with Crippen LogP contribution in [0.2, 0.25) is 0 Å². The normalized spacial score (nSPS) is 11.2. The van der Waals surface area contributed by atoms with E-state index in [1.807, 2.05) is 56.3 Å². The Morgan fingerprint density at radius 2 is 1.68 bits per heavy atom. The average molecular weight is 373 g/mol. The average Bonchev–Trinajstić information content (AvgIpc) is 2.66. The summed E-state index contributed by atoms with van der Waals surface area (Å²) in [6.07, 6.45) is 0. The summed E-state index contributed by atoms with van der Waals surface area (Å²) in [5.41, 5.74) is 8.37. The van der Waals surface area contributed by atoms with Gasteiger partial charge in [0.15, 0.2) is 5.82 Å². The van der Waals surface area contributed by atoms with Gasteiger partial charge in [-0.05, 0) is 32.4 Å². The fraction of sp³-hybridized carbons (Fsp3) is 0.182. The number of hydrazone groups is 1. The van der Waals surface area contributed by atoms with Gasteiger partial charge >= 0.3 is 0 Å². The predicted molar refractivity (Wildman–Crippen MR) is 114 cm³/mol. The first-order chi connectivity index (χ1) is 13.4. The van der Waals surface area contributed by atoms with Gasteiger partial charge < -0.3 is 5.32 Å². The van der Waals surface area contributed by atoms with Crippen molar-refractivity contribution in [3.8, 4) is 11.3 Å². The van der Waals surface area contributed by atoms with E-state index in [9.17, 15) is 4.79 Å².